The van der Waals surface area contributed by atoms with Gasteiger partial charge in [-0.3, -0.25) is 30.3 Å². The summed E-state index contributed by atoms with van der Waals surface area (Å²) in [4.78, 5) is 47.2. The molecule has 0 saturated carbocycles. The summed E-state index contributed by atoms with van der Waals surface area (Å²) in [6, 6.07) is 16.5. The molecular weight excluding hydrogens is 655 g/mol. The SMILES string of the molecule is Cn1c2c(cc(-c3ccc(F)c(NC(=O)Nc4cc(C(C)(C)C)nn4CCN4CCN(C(=O)OCc5ccccc5)CC4)c3)c1=O)C=NC(N)N2. The van der Waals surface area contributed by atoms with Crippen molar-refractivity contribution in [1.29, 1.82) is 0 Å². The zero-order valence-corrected chi connectivity index (χ0v) is 29.1. The second-order valence-electron chi connectivity index (χ2n) is 13.6. The van der Waals surface area contributed by atoms with E-state index in [9.17, 15) is 14.4 Å². The third-order valence-corrected chi connectivity index (χ3v) is 8.88. The van der Waals surface area contributed by atoms with Crippen LogP contribution in [0.2, 0.25) is 0 Å². The molecule has 14 nitrogen and oxygen atoms in total. The van der Waals surface area contributed by atoms with E-state index < -0.39 is 18.1 Å². The molecule has 0 spiro atoms. The molecule has 1 unspecified atom stereocenters. The number of halogens is 1. The Kier molecular flexibility index (Phi) is 10.2. The minimum Gasteiger partial charge on any atom is -0.445 e. The molecule has 6 rings (SSSR count). The van der Waals surface area contributed by atoms with Crippen LogP contribution >= 0.6 is 0 Å². The number of nitrogens with one attached hydrogen (secondary N) is 3. The van der Waals surface area contributed by atoms with Gasteiger partial charge in [0.15, 0.2) is 6.29 Å². The first-order chi connectivity index (χ1) is 24.4. The number of pyridine rings is 1. The maximum Gasteiger partial charge on any atom is 0.410 e. The predicted octanol–water partition coefficient (Wildman–Crippen LogP) is 4.37. The van der Waals surface area contributed by atoms with E-state index in [1.807, 2.05) is 57.2 Å². The lowest BCUT2D eigenvalue weighted by molar-refractivity contribution is 0.0707. The number of carbonyl (C=O) groups is 2. The van der Waals surface area contributed by atoms with Crippen molar-refractivity contribution in [2.24, 2.45) is 17.8 Å². The van der Waals surface area contributed by atoms with Crippen molar-refractivity contribution in [3.8, 4) is 11.1 Å². The Bertz CT molecular complexity index is 2000. The molecule has 0 radical (unpaired) electrons. The second-order valence-corrected chi connectivity index (χ2v) is 13.6. The van der Waals surface area contributed by atoms with Crippen molar-refractivity contribution in [2.75, 3.05) is 48.7 Å². The van der Waals surface area contributed by atoms with E-state index in [0.29, 0.717) is 67.6 Å². The predicted molar refractivity (Wildman–Crippen MR) is 194 cm³/mol. The molecule has 2 aliphatic heterocycles. The maximum atomic E-state index is 15.0. The number of hydrogen-bond acceptors (Lipinski definition) is 9. The molecule has 51 heavy (non-hydrogen) atoms. The zero-order valence-electron chi connectivity index (χ0n) is 29.1. The summed E-state index contributed by atoms with van der Waals surface area (Å²) in [5, 5.41) is 13.2. The van der Waals surface area contributed by atoms with Crippen LogP contribution in [0.4, 0.5) is 31.3 Å². The highest BCUT2D eigenvalue weighted by molar-refractivity contribution is 6.00. The van der Waals surface area contributed by atoms with Gasteiger partial charge in [-0.25, -0.2) is 18.7 Å². The van der Waals surface area contributed by atoms with Crippen LogP contribution < -0.4 is 27.2 Å². The minimum atomic E-state index is -0.668. The first-order valence-corrected chi connectivity index (χ1v) is 16.8. The Hall–Kier alpha value is -5.54. The van der Waals surface area contributed by atoms with Gasteiger partial charge in [-0.05, 0) is 29.3 Å². The van der Waals surface area contributed by atoms with Crippen LogP contribution in [0.25, 0.3) is 11.1 Å². The summed E-state index contributed by atoms with van der Waals surface area (Å²) in [5.41, 5.74) is 8.21. The summed E-state index contributed by atoms with van der Waals surface area (Å²) in [6.45, 7) is 9.82. The smallest absolute Gasteiger partial charge is 0.410 e. The van der Waals surface area contributed by atoms with Crippen molar-refractivity contribution in [3.05, 3.63) is 93.7 Å². The fraction of sp³-hybridized carbons (Fsp3) is 0.361. The number of amides is 3. The van der Waals surface area contributed by atoms with Gasteiger partial charge in [0.1, 0.15) is 24.1 Å². The quantitative estimate of drug-likeness (QED) is 0.211. The number of aromatic nitrogens is 3. The van der Waals surface area contributed by atoms with Crippen molar-refractivity contribution >= 4 is 35.7 Å². The molecule has 2 aromatic heterocycles. The van der Waals surface area contributed by atoms with Gasteiger partial charge in [-0.2, -0.15) is 5.10 Å². The molecule has 1 saturated heterocycles. The molecule has 15 heteroatoms. The Labute approximate surface area is 295 Å². The number of aliphatic imine (C=N–C) groups is 1. The van der Waals surface area contributed by atoms with Crippen LogP contribution in [0.1, 0.15) is 37.6 Å². The molecule has 3 amide bonds. The topological polar surface area (TPSA) is 164 Å². The lowest BCUT2D eigenvalue weighted by atomic mass is 9.92. The van der Waals surface area contributed by atoms with Crippen molar-refractivity contribution < 1.29 is 18.7 Å². The average Bonchev–Trinajstić information content (AvgIpc) is 3.52. The number of fused-ring (bicyclic) bond motifs is 1. The Morgan fingerprint density at radius 2 is 1.76 bits per heavy atom. The second kappa shape index (κ2) is 14.7. The normalized spacial score (nSPS) is 16.0. The number of piperazine rings is 1. The summed E-state index contributed by atoms with van der Waals surface area (Å²) < 4.78 is 23.7. The third kappa shape index (κ3) is 8.27. The number of benzene rings is 2. The molecule has 1 fully saturated rings. The van der Waals surface area contributed by atoms with Crippen LogP contribution in [0, 0.1) is 5.82 Å². The van der Waals surface area contributed by atoms with E-state index in [4.69, 9.17) is 15.6 Å². The summed E-state index contributed by atoms with van der Waals surface area (Å²) in [5.74, 6) is 0.314. The first kappa shape index (κ1) is 35.3. The lowest BCUT2D eigenvalue weighted by Gasteiger charge is -2.34. The summed E-state index contributed by atoms with van der Waals surface area (Å²) in [6.07, 6.45) is 0.583. The van der Waals surface area contributed by atoms with Crippen molar-refractivity contribution in [2.45, 2.75) is 45.6 Å². The number of urea groups is 1. The monoisotopic (exact) mass is 698 g/mol. The Balaban J connectivity index is 1.10. The molecule has 268 valence electrons. The minimum absolute atomic E-state index is 0.0964. The Morgan fingerprint density at radius 3 is 2.49 bits per heavy atom. The van der Waals surface area contributed by atoms with Crippen LogP contribution in [0.5, 0.6) is 0 Å². The number of hydrogen-bond donors (Lipinski definition) is 4. The first-order valence-electron chi connectivity index (χ1n) is 16.8. The number of rotatable bonds is 8. The molecule has 2 aliphatic rings. The van der Waals surface area contributed by atoms with Gasteiger partial charge >= 0.3 is 12.1 Å². The number of anilines is 3. The van der Waals surface area contributed by atoms with E-state index in [0.717, 1.165) is 11.3 Å². The molecule has 0 aliphatic carbocycles. The average molecular weight is 699 g/mol. The van der Waals surface area contributed by atoms with Gasteiger partial charge < -0.3 is 20.3 Å². The van der Waals surface area contributed by atoms with Crippen LogP contribution in [-0.2, 0) is 30.4 Å². The molecule has 4 heterocycles. The molecule has 1 atom stereocenters. The molecule has 5 N–H and O–H groups in total. The van der Waals surface area contributed by atoms with Gasteiger partial charge in [0, 0.05) is 68.6 Å². The maximum absolute atomic E-state index is 15.0. The fourth-order valence-electron chi connectivity index (χ4n) is 5.90. The van der Waals surface area contributed by atoms with E-state index in [-0.39, 0.29) is 29.4 Å². The van der Waals surface area contributed by atoms with E-state index >= 15 is 4.39 Å². The van der Waals surface area contributed by atoms with Gasteiger partial charge in [0.2, 0.25) is 0 Å². The highest BCUT2D eigenvalue weighted by atomic mass is 19.1. The van der Waals surface area contributed by atoms with Gasteiger partial charge in [-0.1, -0.05) is 57.2 Å². The largest absolute Gasteiger partial charge is 0.445 e. The molecule has 2 aromatic carbocycles. The van der Waals surface area contributed by atoms with E-state index in [1.165, 1.54) is 22.8 Å². The molecule has 0 bridgehead atoms. The lowest BCUT2D eigenvalue weighted by Crippen LogP contribution is -2.49. The number of carbonyl (C=O) groups excluding carboxylic acids is 2. The highest BCUT2D eigenvalue weighted by Gasteiger charge is 2.25. The van der Waals surface area contributed by atoms with Gasteiger partial charge in [0.05, 0.1) is 17.9 Å². The van der Waals surface area contributed by atoms with E-state index in [2.05, 4.69) is 25.8 Å². The van der Waals surface area contributed by atoms with Crippen LogP contribution in [-0.4, -0.2) is 81.5 Å². The van der Waals surface area contributed by atoms with Gasteiger partial charge in [-0.15, -0.1) is 0 Å². The van der Waals surface area contributed by atoms with Crippen molar-refractivity contribution in [1.82, 2.24) is 24.1 Å². The van der Waals surface area contributed by atoms with Crippen LogP contribution in [0.3, 0.4) is 0 Å². The third-order valence-electron chi connectivity index (χ3n) is 8.88. The number of nitrogens with two attached hydrogens (primary N) is 1. The molecular formula is C36H43FN10O4. The summed E-state index contributed by atoms with van der Waals surface area (Å²) >= 11 is 0. The summed E-state index contributed by atoms with van der Waals surface area (Å²) in [7, 11) is 1.61. The molecule has 4 aromatic rings. The van der Waals surface area contributed by atoms with Crippen molar-refractivity contribution in [3.63, 3.8) is 0 Å². The van der Waals surface area contributed by atoms with Crippen LogP contribution in [0.15, 0.2) is 70.5 Å². The fourth-order valence-corrected chi connectivity index (χ4v) is 5.90. The number of ether oxygens (including phenoxy) is 1. The number of nitrogens with zero attached hydrogens (tertiary/aromatic N) is 6. The zero-order chi connectivity index (χ0) is 36.3. The Morgan fingerprint density at radius 1 is 1.02 bits per heavy atom. The highest BCUT2D eigenvalue weighted by Crippen LogP contribution is 2.28. The standard InChI is InChI=1S/C36H43FN10O4/c1-36(2,3)29-20-30(47(43-29)17-14-45-12-15-46(16-13-45)35(50)51-22-23-8-6-5-7-9-23)41-34(49)40-28-19-24(10-11-27(28)37)26-18-25-21-39-33(38)42-31(25)44(4)32(26)48/h5-11,18-21,33,42H,12-17,22,38H2,1-4H3,(H2,40,41,49). The van der Waals surface area contributed by atoms with Gasteiger partial charge in [0.25, 0.3) is 5.56 Å². The van der Waals surface area contributed by atoms with E-state index in [1.54, 1.807) is 28.9 Å².